The van der Waals surface area contributed by atoms with E-state index in [0.29, 0.717) is 27.7 Å². The Kier molecular flexibility index (Phi) is 5.51. The minimum Gasteiger partial charge on any atom is -0.493 e. The van der Waals surface area contributed by atoms with Crippen LogP contribution < -0.4 is 14.8 Å². The number of nitrogens with zero attached hydrogens (tertiary/aromatic N) is 3. The molecule has 8 nitrogen and oxygen atoms in total. The van der Waals surface area contributed by atoms with Gasteiger partial charge in [0, 0.05) is 34.2 Å². The van der Waals surface area contributed by atoms with Gasteiger partial charge in [-0.05, 0) is 23.8 Å². The van der Waals surface area contributed by atoms with Crippen molar-refractivity contribution in [3.63, 3.8) is 0 Å². The molecule has 0 saturated carbocycles. The zero-order valence-corrected chi connectivity index (χ0v) is 17.9. The van der Waals surface area contributed by atoms with Crippen LogP contribution >= 0.6 is 11.3 Å². The van der Waals surface area contributed by atoms with Gasteiger partial charge in [-0.25, -0.2) is 23.9 Å². The largest absolute Gasteiger partial charge is 0.493 e. The summed E-state index contributed by atoms with van der Waals surface area (Å²) in [6, 6.07) is 10.7. The third-order valence-electron chi connectivity index (χ3n) is 4.32. The quantitative estimate of drug-likeness (QED) is 0.436. The Hall–Kier alpha value is -3.24. The third-order valence-corrected chi connectivity index (χ3v) is 6.16. The summed E-state index contributed by atoms with van der Waals surface area (Å²) >= 11 is 1.48. The summed E-state index contributed by atoms with van der Waals surface area (Å²) in [4.78, 5) is 13.4. The van der Waals surface area contributed by atoms with E-state index in [1.165, 1.54) is 23.9 Å². The van der Waals surface area contributed by atoms with Crippen molar-refractivity contribution in [2.45, 2.75) is 11.5 Å². The first-order valence-corrected chi connectivity index (χ1v) is 11.7. The standard InChI is InChI=1S/C20H19N5O3S2/c1-27-17-9-15-16(23-12-24-19(15)25-20-22-6-7-29-20)10-18(17)28-11-13-4-3-5-14(8-13)30(2,21)26/h3-10,12,21H,11H2,1-2H3,(H,22,23,24,25). The highest BCUT2D eigenvalue weighted by Crippen LogP contribution is 2.35. The van der Waals surface area contributed by atoms with Crippen LogP contribution in [0.15, 0.2) is 59.2 Å². The second kappa shape index (κ2) is 8.25. The van der Waals surface area contributed by atoms with E-state index >= 15 is 0 Å². The summed E-state index contributed by atoms with van der Waals surface area (Å²) in [5, 5.41) is 6.58. The molecule has 4 rings (SSSR count). The van der Waals surface area contributed by atoms with Gasteiger partial charge in [-0.3, -0.25) is 0 Å². The second-order valence-electron chi connectivity index (χ2n) is 6.48. The van der Waals surface area contributed by atoms with Crippen LogP contribution in [-0.2, 0) is 16.3 Å². The number of thiazole rings is 1. The van der Waals surface area contributed by atoms with E-state index in [1.54, 1.807) is 37.6 Å². The summed E-state index contributed by atoms with van der Waals surface area (Å²) in [6.45, 7) is 0.237. The number of benzene rings is 2. The van der Waals surface area contributed by atoms with E-state index in [2.05, 4.69) is 20.3 Å². The van der Waals surface area contributed by atoms with Crippen LogP contribution in [0.1, 0.15) is 5.56 Å². The molecule has 2 heterocycles. The molecule has 1 atom stereocenters. The maximum atomic E-state index is 12.0. The fourth-order valence-corrected chi connectivity index (χ4v) is 4.10. The smallest absolute Gasteiger partial charge is 0.188 e. The molecule has 0 aliphatic carbocycles. The topological polar surface area (TPSA) is 110 Å². The molecule has 1 unspecified atom stereocenters. The van der Waals surface area contributed by atoms with Crippen molar-refractivity contribution in [2.75, 3.05) is 18.7 Å². The van der Waals surface area contributed by atoms with E-state index in [4.69, 9.17) is 14.3 Å². The number of nitrogens with one attached hydrogen (secondary N) is 2. The summed E-state index contributed by atoms with van der Waals surface area (Å²) < 4.78 is 31.2. The zero-order chi connectivity index (χ0) is 21.1. The van der Waals surface area contributed by atoms with Crippen molar-refractivity contribution in [3.8, 4) is 11.5 Å². The lowest BCUT2D eigenvalue weighted by atomic mass is 10.2. The Balaban J connectivity index is 1.63. The predicted molar refractivity (Wildman–Crippen MR) is 117 cm³/mol. The van der Waals surface area contributed by atoms with E-state index < -0.39 is 9.73 Å². The number of rotatable bonds is 7. The van der Waals surface area contributed by atoms with Gasteiger partial charge < -0.3 is 14.8 Å². The molecular weight excluding hydrogens is 422 g/mol. The Morgan fingerprint density at radius 1 is 1.17 bits per heavy atom. The number of hydrogen-bond acceptors (Lipinski definition) is 9. The van der Waals surface area contributed by atoms with Gasteiger partial charge in [0.25, 0.3) is 0 Å². The van der Waals surface area contributed by atoms with Crippen LogP contribution in [0.25, 0.3) is 10.9 Å². The molecule has 0 amide bonds. The molecule has 0 bridgehead atoms. The predicted octanol–water partition coefficient (Wildman–Crippen LogP) is 4.45. The molecule has 30 heavy (non-hydrogen) atoms. The minimum absolute atomic E-state index is 0.237. The monoisotopic (exact) mass is 441 g/mol. The van der Waals surface area contributed by atoms with Crippen molar-refractivity contribution in [1.82, 2.24) is 15.0 Å². The number of anilines is 2. The fourth-order valence-electron chi connectivity index (χ4n) is 2.86. The van der Waals surface area contributed by atoms with E-state index in [9.17, 15) is 4.21 Å². The lowest BCUT2D eigenvalue weighted by Gasteiger charge is -2.14. The van der Waals surface area contributed by atoms with E-state index in [1.807, 2.05) is 17.5 Å². The van der Waals surface area contributed by atoms with Crippen LogP contribution in [0, 0.1) is 4.78 Å². The second-order valence-corrected chi connectivity index (χ2v) is 9.54. The van der Waals surface area contributed by atoms with Crippen molar-refractivity contribution in [1.29, 1.82) is 4.78 Å². The van der Waals surface area contributed by atoms with Crippen LogP contribution in [-0.4, -0.2) is 32.5 Å². The molecule has 0 saturated heterocycles. The van der Waals surface area contributed by atoms with Crippen molar-refractivity contribution >= 4 is 42.9 Å². The highest BCUT2D eigenvalue weighted by atomic mass is 32.2. The van der Waals surface area contributed by atoms with E-state index in [-0.39, 0.29) is 6.61 Å². The van der Waals surface area contributed by atoms with Crippen LogP contribution in [0.2, 0.25) is 0 Å². The summed E-state index contributed by atoms with van der Waals surface area (Å²) in [6.07, 6.45) is 4.59. The number of fused-ring (bicyclic) bond motifs is 1. The molecule has 2 N–H and O–H groups in total. The lowest BCUT2D eigenvalue weighted by molar-refractivity contribution is 0.285. The SMILES string of the molecule is COc1cc2c(Nc3nccs3)ncnc2cc1OCc1cccc(S(C)(=N)=O)c1. The van der Waals surface area contributed by atoms with Gasteiger partial charge in [-0.2, -0.15) is 0 Å². The lowest BCUT2D eigenvalue weighted by Crippen LogP contribution is -2.01. The minimum atomic E-state index is -2.78. The number of hydrogen-bond donors (Lipinski definition) is 2. The molecule has 0 spiro atoms. The summed E-state index contributed by atoms with van der Waals surface area (Å²) in [7, 11) is -1.22. The Morgan fingerprint density at radius 3 is 2.77 bits per heavy atom. The van der Waals surface area contributed by atoms with Crippen LogP contribution in [0.5, 0.6) is 11.5 Å². The molecule has 0 aliphatic rings. The highest BCUT2D eigenvalue weighted by molar-refractivity contribution is 7.91. The average Bonchev–Trinajstić information content (AvgIpc) is 3.24. The zero-order valence-electron chi connectivity index (χ0n) is 16.3. The molecule has 0 aliphatic heterocycles. The van der Waals surface area contributed by atoms with Crippen molar-refractivity contribution in [2.24, 2.45) is 0 Å². The molecule has 2 aromatic heterocycles. The van der Waals surface area contributed by atoms with Crippen LogP contribution in [0.3, 0.4) is 0 Å². The van der Waals surface area contributed by atoms with Crippen molar-refractivity contribution in [3.05, 3.63) is 59.9 Å². The Labute approximate surface area is 177 Å². The van der Waals surface area contributed by atoms with Gasteiger partial charge in [0.15, 0.2) is 16.6 Å². The number of ether oxygens (including phenoxy) is 2. The Bertz CT molecular complexity index is 1290. The molecule has 2 aromatic carbocycles. The normalized spacial score (nSPS) is 13.0. The maximum Gasteiger partial charge on any atom is 0.188 e. The summed E-state index contributed by atoms with van der Waals surface area (Å²) in [5.74, 6) is 1.69. The molecular formula is C20H19N5O3S2. The van der Waals surface area contributed by atoms with Gasteiger partial charge >= 0.3 is 0 Å². The molecule has 10 heteroatoms. The first kappa shape index (κ1) is 20.0. The number of methoxy groups -OCH3 is 1. The van der Waals surface area contributed by atoms with Gasteiger partial charge in [0.1, 0.15) is 18.8 Å². The van der Waals surface area contributed by atoms with Gasteiger partial charge in [0.05, 0.1) is 22.4 Å². The molecule has 4 aromatic rings. The molecule has 0 radical (unpaired) electrons. The first-order valence-electron chi connectivity index (χ1n) is 8.89. The van der Waals surface area contributed by atoms with Crippen molar-refractivity contribution < 1.29 is 13.7 Å². The van der Waals surface area contributed by atoms with E-state index in [0.717, 1.165) is 16.1 Å². The average molecular weight is 442 g/mol. The molecule has 0 fully saturated rings. The first-order chi connectivity index (χ1) is 14.4. The van der Waals surface area contributed by atoms with Gasteiger partial charge in [0.2, 0.25) is 0 Å². The van der Waals surface area contributed by atoms with Gasteiger partial charge in [-0.1, -0.05) is 12.1 Å². The highest BCUT2D eigenvalue weighted by Gasteiger charge is 2.13. The Morgan fingerprint density at radius 2 is 2.03 bits per heavy atom. The maximum absolute atomic E-state index is 12.0. The van der Waals surface area contributed by atoms with Crippen LogP contribution in [0.4, 0.5) is 10.9 Å². The van der Waals surface area contributed by atoms with Gasteiger partial charge in [-0.15, -0.1) is 11.3 Å². The third kappa shape index (κ3) is 4.34. The summed E-state index contributed by atoms with van der Waals surface area (Å²) in [5.41, 5.74) is 1.50. The number of aromatic nitrogens is 3. The fraction of sp³-hybridized carbons (Fsp3) is 0.150. The molecule has 154 valence electrons.